The Morgan fingerprint density at radius 2 is 2.08 bits per heavy atom. The first kappa shape index (κ1) is 14.9. The van der Waals surface area contributed by atoms with Crippen LogP contribution in [0.1, 0.15) is 37.2 Å². The number of aryl methyl sites for hydroxylation is 1. The number of carbonyl (C=O) groups is 1. The minimum Gasteiger partial charge on any atom is -0.496 e. The molecule has 0 bridgehead atoms. The molecule has 0 fully saturated rings. The molecule has 2 heterocycles. The lowest BCUT2D eigenvalue weighted by atomic mass is 9.81. The van der Waals surface area contributed by atoms with Crippen molar-refractivity contribution >= 4 is 11.7 Å². The third kappa shape index (κ3) is 2.21. The lowest BCUT2D eigenvalue weighted by molar-refractivity contribution is -0.117. The maximum atomic E-state index is 12.8. The molecule has 1 aromatic heterocycles. The zero-order chi connectivity index (χ0) is 16.8. The van der Waals surface area contributed by atoms with E-state index in [0.717, 1.165) is 29.0 Å². The van der Waals surface area contributed by atoms with Crippen LogP contribution in [0.25, 0.3) is 0 Å². The molecular weight excluding hydrogens is 304 g/mol. The van der Waals surface area contributed by atoms with Crippen molar-refractivity contribution in [2.45, 2.75) is 32.7 Å². The fraction of sp³-hybridized carbons (Fsp3) is 0.389. The van der Waals surface area contributed by atoms with Crippen molar-refractivity contribution in [1.82, 2.24) is 14.8 Å². The van der Waals surface area contributed by atoms with E-state index in [9.17, 15) is 4.79 Å². The molecule has 0 spiro atoms. The lowest BCUT2D eigenvalue weighted by Crippen LogP contribution is -2.33. The second-order valence-electron chi connectivity index (χ2n) is 6.53. The zero-order valence-corrected chi connectivity index (χ0v) is 14.0. The highest BCUT2D eigenvalue weighted by molar-refractivity contribution is 5.99. The third-order valence-electron chi connectivity index (χ3n) is 4.66. The van der Waals surface area contributed by atoms with Gasteiger partial charge < -0.3 is 10.1 Å². The van der Waals surface area contributed by atoms with E-state index in [1.165, 1.54) is 0 Å². The number of para-hydroxylation sites is 1. The number of ether oxygens (including phenoxy) is 1. The minimum absolute atomic E-state index is 0.172. The number of aromatic nitrogens is 3. The van der Waals surface area contributed by atoms with Gasteiger partial charge in [0.15, 0.2) is 5.78 Å². The van der Waals surface area contributed by atoms with Crippen LogP contribution in [-0.4, -0.2) is 27.7 Å². The standard InChI is InChI=1S/C18H20N4O2/c1-10-8-13-16(14(23)9-10)17(12-6-4-5-7-15(12)24-3)22-18(20-13)19-11(2)21-22/h4-7,10,17H,8-9H2,1-3H3,(H,19,20,21)/t10-,17-/m0/s1. The molecular formula is C18H20N4O2. The third-order valence-corrected chi connectivity index (χ3v) is 4.66. The average Bonchev–Trinajstić information content (AvgIpc) is 2.92. The summed E-state index contributed by atoms with van der Waals surface area (Å²) >= 11 is 0. The Balaban J connectivity index is 1.95. The molecule has 1 aliphatic carbocycles. The molecule has 6 nitrogen and oxygen atoms in total. The highest BCUT2D eigenvalue weighted by Gasteiger charge is 2.39. The molecule has 1 aromatic carbocycles. The van der Waals surface area contributed by atoms with E-state index >= 15 is 0 Å². The van der Waals surface area contributed by atoms with Crippen LogP contribution in [0.3, 0.4) is 0 Å². The van der Waals surface area contributed by atoms with Gasteiger partial charge in [0.2, 0.25) is 5.95 Å². The number of hydrogen-bond acceptors (Lipinski definition) is 5. The molecule has 1 aliphatic heterocycles. The molecule has 2 aliphatic rings. The first-order valence-electron chi connectivity index (χ1n) is 8.17. The van der Waals surface area contributed by atoms with Gasteiger partial charge in [0.25, 0.3) is 0 Å². The number of Topliss-reactive ketones (excluding diaryl/α,β-unsaturated/α-hetero) is 1. The summed E-state index contributed by atoms with van der Waals surface area (Å²) in [7, 11) is 1.65. The van der Waals surface area contributed by atoms with E-state index in [4.69, 9.17) is 4.74 Å². The molecule has 0 saturated heterocycles. The minimum atomic E-state index is -0.298. The SMILES string of the molecule is COc1ccccc1[C@H]1C2=C(C[C@H](C)CC2=O)Nc2nc(C)nn21. The first-order valence-corrected chi connectivity index (χ1v) is 8.17. The molecule has 0 unspecified atom stereocenters. The zero-order valence-electron chi connectivity index (χ0n) is 14.0. The fourth-order valence-electron chi connectivity index (χ4n) is 3.69. The van der Waals surface area contributed by atoms with E-state index in [1.54, 1.807) is 11.8 Å². The highest BCUT2D eigenvalue weighted by Crippen LogP contribution is 2.43. The van der Waals surface area contributed by atoms with Gasteiger partial charge in [-0.1, -0.05) is 25.1 Å². The number of hydrogen-bond donors (Lipinski definition) is 1. The van der Waals surface area contributed by atoms with E-state index in [0.29, 0.717) is 24.1 Å². The fourth-order valence-corrected chi connectivity index (χ4v) is 3.69. The molecule has 0 radical (unpaired) electrons. The van der Waals surface area contributed by atoms with Crippen LogP contribution < -0.4 is 10.1 Å². The molecule has 2 atom stereocenters. The van der Waals surface area contributed by atoms with Gasteiger partial charge in [-0.3, -0.25) is 4.79 Å². The number of rotatable bonds is 2. The first-order chi connectivity index (χ1) is 11.6. The smallest absolute Gasteiger partial charge is 0.226 e. The van der Waals surface area contributed by atoms with E-state index < -0.39 is 0 Å². The number of fused-ring (bicyclic) bond motifs is 1. The monoisotopic (exact) mass is 324 g/mol. The normalized spacial score (nSPS) is 22.7. The van der Waals surface area contributed by atoms with Crippen LogP contribution in [-0.2, 0) is 4.79 Å². The Hall–Kier alpha value is -2.63. The van der Waals surface area contributed by atoms with Gasteiger partial charge in [-0.25, -0.2) is 4.68 Å². The maximum absolute atomic E-state index is 12.8. The summed E-state index contributed by atoms with van der Waals surface area (Å²) in [5.41, 5.74) is 2.69. The number of ketones is 1. The molecule has 2 aromatic rings. The Kier molecular flexibility index (Phi) is 3.40. The maximum Gasteiger partial charge on any atom is 0.226 e. The van der Waals surface area contributed by atoms with Gasteiger partial charge >= 0.3 is 0 Å². The Labute approximate surface area is 140 Å². The van der Waals surface area contributed by atoms with Gasteiger partial charge in [-0.05, 0) is 25.3 Å². The summed E-state index contributed by atoms with van der Waals surface area (Å²) in [6.45, 7) is 3.96. The van der Waals surface area contributed by atoms with Crippen molar-refractivity contribution in [2.24, 2.45) is 5.92 Å². The molecule has 24 heavy (non-hydrogen) atoms. The lowest BCUT2D eigenvalue weighted by Gasteiger charge is -2.34. The van der Waals surface area contributed by atoms with E-state index in [-0.39, 0.29) is 11.8 Å². The van der Waals surface area contributed by atoms with Crippen molar-refractivity contribution in [2.75, 3.05) is 12.4 Å². The summed E-state index contributed by atoms with van der Waals surface area (Å²) in [6.07, 6.45) is 1.41. The van der Waals surface area contributed by atoms with Crippen LogP contribution in [0.2, 0.25) is 0 Å². The summed E-state index contributed by atoms with van der Waals surface area (Å²) in [5, 5.41) is 7.86. The van der Waals surface area contributed by atoms with Crippen LogP contribution in [0, 0.1) is 12.8 Å². The van der Waals surface area contributed by atoms with Crippen LogP contribution in [0.4, 0.5) is 5.95 Å². The summed E-state index contributed by atoms with van der Waals surface area (Å²) in [5.74, 6) is 2.62. The second-order valence-corrected chi connectivity index (χ2v) is 6.53. The van der Waals surface area contributed by atoms with Gasteiger partial charge in [-0.2, -0.15) is 10.1 Å². The largest absolute Gasteiger partial charge is 0.496 e. The number of benzene rings is 1. The van der Waals surface area contributed by atoms with Crippen molar-refractivity contribution in [3.8, 4) is 5.75 Å². The number of allylic oxidation sites excluding steroid dienone is 2. The quantitative estimate of drug-likeness (QED) is 0.920. The molecule has 1 N–H and O–H groups in total. The number of nitrogens with zero attached hydrogens (tertiary/aromatic N) is 3. The van der Waals surface area contributed by atoms with Gasteiger partial charge in [0.1, 0.15) is 17.6 Å². The van der Waals surface area contributed by atoms with Crippen molar-refractivity contribution in [1.29, 1.82) is 0 Å². The average molecular weight is 324 g/mol. The van der Waals surface area contributed by atoms with Crippen LogP contribution >= 0.6 is 0 Å². The molecule has 0 amide bonds. The summed E-state index contributed by atoms with van der Waals surface area (Å²) in [4.78, 5) is 17.3. The molecule has 124 valence electrons. The Morgan fingerprint density at radius 1 is 1.29 bits per heavy atom. The number of nitrogens with one attached hydrogen (secondary N) is 1. The Morgan fingerprint density at radius 3 is 2.88 bits per heavy atom. The van der Waals surface area contributed by atoms with Crippen molar-refractivity contribution < 1.29 is 9.53 Å². The van der Waals surface area contributed by atoms with Gasteiger partial charge in [-0.15, -0.1) is 0 Å². The van der Waals surface area contributed by atoms with Crippen LogP contribution in [0.5, 0.6) is 5.75 Å². The predicted molar refractivity (Wildman–Crippen MR) is 89.9 cm³/mol. The van der Waals surface area contributed by atoms with Gasteiger partial charge in [0.05, 0.1) is 7.11 Å². The van der Waals surface area contributed by atoms with Crippen molar-refractivity contribution in [3.63, 3.8) is 0 Å². The highest BCUT2D eigenvalue weighted by atomic mass is 16.5. The number of carbonyl (C=O) groups excluding carboxylic acids is 1. The number of methoxy groups -OCH3 is 1. The predicted octanol–water partition coefficient (Wildman–Crippen LogP) is 2.86. The summed E-state index contributed by atoms with van der Waals surface area (Å²) in [6, 6.07) is 7.49. The van der Waals surface area contributed by atoms with Gasteiger partial charge in [0, 0.05) is 23.3 Å². The van der Waals surface area contributed by atoms with Crippen molar-refractivity contribution in [3.05, 3.63) is 46.9 Å². The van der Waals surface area contributed by atoms with Crippen LogP contribution in [0.15, 0.2) is 35.5 Å². The van der Waals surface area contributed by atoms with E-state index in [1.807, 2.05) is 31.2 Å². The molecule has 0 saturated carbocycles. The van der Waals surface area contributed by atoms with E-state index in [2.05, 4.69) is 22.3 Å². The number of anilines is 1. The molecule has 4 rings (SSSR count). The summed E-state index contributed by atoms with van der Waals surface area (Å²) < 4.78 is 7.35. The topological polar surface area (TPSA) is 69.0 Å². The Bertz CT molecular complexity index is 852. The molecule has 6 heteroatoms. The second kappa shape index (κ2) is 5.47.